The molecule has 2 aromatic heterocycles. The monoisotopic (exact) mass is 443 g/mol. The van der Waals surface area contributed by atoms with E-state index in [1.54, 1.807) is 6.33 Å². The smallest absolute Gasteiger partial charge is 0.324 e. The van der Waals surface area contributed by atoms with Crippen molar-refractivity contribution in [1.82, 2.24) is 24.7 Å². The molecule has 2 atom stereocenters. The summed E-state index contributed by atoms with van der Waals surface area (Å²) in [5.74, 6) is 1.28. The Kier molecular flexibility index (Phi) is 4.95. The summed E-state index contributed by atoms with van der Waals surface area (Å²) in [4.78, 5) is 15.1. The summed E-state index contributed by atoms with van der Waals surface area (Å²) in [6.07, 6.45) is 3.77. The van der Waals surface area contributed by atoms with Gasteiger partial charge in [0.05, 0.1) is 6.04 Å². The van der Waals surface area contributed by atoms with Gasteiger partial charge in [-0.3, -0.25) is 0 Å². The van der Waals surface area contributed by atoms with Crippen LogP contribution in [0.15, 0.2) is 42.4 Å². The summed E-state index contributed by atoms with van der Waals surface area (Å²) < 4.78 is 26.0. The highest BCUT2D eigenvalue weighted by Crippen LogP contribution is 2.42. The maximum atomic E-state index is 13.6. The van der Waals surface area contributed by atoms with E-state index in [-0.39, 0.29) is 29.6 Å². The normalized spacial score (nSPS) is 19.2. The molecule has 0 saturated carbocycles. The highest BCUT2D eigenvalue weighted by molar-refractivity contribution is 6.30. The summed E-state index contributed by atoms with van der Waals surface area (Å²) in [5.41, 5.74) is 2.03. The number of rotatable bonds is 7. The zero-order valence-electron chi connectivity index (χ0n) is 16.8. The van der Waals surface area contributed by atoms with Gasteiger partial charge in [-0.2, -0.15) is 9.67 Å². The zero-order chi connectivity index (χ0) is 21.5. The zero-order valence-corrected chi connectivity index (χ0v) is 17.5. The fraction of sp³-hybridized carbons (Fsp3) is 0.300. The van der Waals surface area contributed by atoms with Crippen LogP contribution in [0, 0.1) is 18.7 Å². The topological polar surface area (TPSA) is 90.2 Å². The lowest BCUT2D eigenvalue weighted by atomic mass is 9.91. The van der Waals surface area contributed by atoms with Gasteiger partial charge in [0.1, 0.15) is 30.4 Å². The second-order valence-electron chi connectivity index (χ2n) is 7.35. The van der Waals surface area contributed by atoms with Crippen molar-refractivity contribution in [3.8, 4) is 11.8 Å². The molecule has 3 aromatic rings. The number of hydrogen-bond acceptors (Lipinski definition) is 8. The van der Waals surface area contributed by atoms with E-state index in [9.17, 15) is 4.39 Å². The van der Waals surface area contributed by atoms with Gasteiger partial charge in [0.2, 0.25) is 5.95 Å². The molecule has 0 spiro atoms. The molecule has 1 N–H and O–H groups in total. The first-order valence-electron chi connectivity index (χ1n) is 9.62. The van der Waals surface area contributed by atoms with Crippen LogP contribution in [-0.2, 0) is 11.5 Å². The van der Waals surface area contributed by atoms with E-state index in [1.165, 1.54) is 30.0 Å². The van der Waals surface area contributed by atoms with Crippen LogP contribution in [0.5, 0.6) is 11.8 Å². The summed E-state index contributed by atoms with van der Waals surface area (Å²) in [6.45, 7) is 2.89. The Bertz CT molecular complexity index is 1150. The molecule has 1 fully saturated rings. The lowest BCUT2D eigenvalue weighted by Gasteiger charge is -2.27. The maximum Gasteiger partial charge on any atom is 0.324 e. The number of aromatic nitrogens is 5. The Morgan fingerprint density at radius 3 is 2.90 bits per heavy atom. The highest BCUT2D eigenvalue weighted by Gasteiger charge is 2.45. The third-order valence-electron chi connectivity index (χ3n) is 5.12. The van der Waals surface area contributed by atoms with E-state index in [2.05, 4.69) is 36.3 Å². The quantitative estimate of drug-likeness (QED) is 0.594. The molecule has 1 aromatic carbocycles. The van der Waals surface area contributed by atoms with Crippen LogP contribution in [-0.4, -0.2) is 44.4 Å². The maximum absolute atomic E-state index is 13.6. The molecular weight excluding hydrogens is 425 g/mol. The van der Waals surface area contributed by atoms with Crippen molar-refractivity contribution < 1.29 is 13.9 Å². The van der Waals surface area contributed by atoms with Crippen LogP contribution >= 0.6 is 11.6 Å². The predicted molar refractivity (Wildman–Crippen MR) is 112 cm³/mol. The Morgan fingerprint density at radius 2 is 2.13 bits per heavy atom. The van der Waals surface area contributed by atoms with E-state index < -0.39 is 5.82 Å². The van der Waals surface area contributed by atoms with Crippen LogP contribution in [0.2, 0.25) is 5.02 Å². The average Bonchev–Trinajstić information content (AvgIpc) is 3.40. The molecule has 160 valence electrons. The lowest BCUT2D eigenvalue weighted by molar-refractivity contribution is 0.113. The summed E-state index contributed by atoms with van der Waals surface area (Å²) in [7, 11) is 1.54. The van der Waals surface area contributed by atoms with Crippen LogP contribution < -0.4 is 15.0 Å². The van der Waals surface area contributed by atoms with Gasteiger partial charge in [-0.15, -0.1) is 5.10 Å². The number of hydrogen-bond donors (Lipinski definition) is 1. The SMILES string of the molecule is COCn1nc(NC2C3=CC2CN3c2cc(C)ncn2)nc1Oc1cc(F)cc(Cl)c1. The average molecular weight is 444 g/mol. The van der Waals surface area contributed by atoms with E-state index >= 15 is 0 Å². The summed E-state index contributed by atoms with van der Waals surface area (Å²) >= 11 is 5.91. The minimum absolute atomic E-state index is 0.0603. The standard InChI is InChI=1S/C20H19ClFN7O2/c1-11-3-17(24-9-23-11)28-8-12-4-16(28)18(12)25-19-26-20(29(27-19)10-30-2)31-15-6-13(21)5-14(22)7-15/h3-7,9,12,18H,8,10H2,1-2H3,(H,25,27). The number of methoxy groups -OCH3 is 1. The molecular formula is C20H19ClFN7O2. The molecule has 11 heteroatoms. The van der Waals surface area contributed by atoms with Crippen molar-refractivity contribution >= 4 is 23.4 Å². The Morgan fingerprint density at radius 1 is 1.26 bits per heavy atom. The first-order valence-corrected chi connectivity index (χ1v) is 10.00. The van der Waals surface area contributed by atoms with Gasteiger partial charge in [-0.05, 0) is 19.1 Å². The fourth-order valence-corrected chi connectivity index (χ4v) is 3.96. The largest absolute Gasteiger partial charge is 0.424 e. The Balaban J connectivity index is 1.34. The summed E-state index contributed by atoms with van der Waals surface area (Å²) in [5, 5.41) is 7.99. The predicted octanol–water partition coefficient (Wildman–Crippen LogP) is 3.38. The second-order valence-corrected chi connectivity index (χ2v) is 7.78. The summed E-state index contributed by atoms with van der Waals surface area (Å²) in [6, 6.07) is 6.11. The molecule has 2 bridgehead atoms. The van der Waals surface area contributed by atoms with Crippen molar-refractivity contribution in [3.63, 3.8) is 0 Å². The number of anilines is 2. The van der Waals surface area contributed by atoms with E-state index in [0.29, 0.717) is 11.9 Å². The van der Waals surface area contributed by atoms with Gasteiger partial charge in [-0.1, -0.05) is 17.7 Å². The third kappa shape index (κ3) is 3.79. The molecule has 3 aliphatic rings. The first-order chi connectivity index (χ1) is 15.0. The third-order valence-corrected chi connectivity index (χ3v) is 5.34. The van der Waals surface area contributed by atoms with Crippen molar-refractivity contribution in [2.75, 3.05) is 23.9 Å². The number of benzene rings is 1. The highest BCUT2D eigenvalue weighted by atomic mass is 35.5. The molecule has 1 aliphatic carbocycles. The minimum Gasteiger partial charge on any atom is -0.424 e. The van der Waals surface area contributed by atoms with E-state index in [1.807, 2.05) is 13.0 Å². The number of halogens is 2. The van der Waals surface area contributed by atoms with Crippen LogP contribution in [0.25, 0.3) is 0 Å². The van der Waals surface area contributed by atoms with Crippen LogP contribution in [0.4, 0.5) is 16.2 Å². The van der Waals surface area contributed by atoms with Gasteiger partial charge in [0.15, 0.2) is 0 Å². The van der Waals surface area contributed by atoms with Crippen molar-refractivity contribution in [2.45, 2.75) is 19.7 Å². The molecule has 2 unspecified atom stereocenters. The van der Waals surface area contributed by atoms with Crippen molar-refractivity contribution in [3.05, 3.63) is 58.9 Å². The van der Waals surface area contributed by atoms with Crippen molar-refractivity contribution in [2.24, 2.45) is 5.92 Å². The van der Waals surface area contributed by atoms with Crippen molar-refractivity contribution in [1.29, 1.82) is 0 Å². The number of nitrogens with one attached hydrogen (secondary N) is 1. The molecule has 6 rings (SSSR count). The molecule has 9 nitrogen and oxygen atoms in total. The van der Waals surface area contributed by atoms with E-state index in [0.717, 1.165) is 23.8 Å². The van der Waals surface area contributed by atoms with Gasteiger partial charge in [0.25, 0.3) is 0 Å². The van der Waals surface area contributed by atoms with Gasteiger partial charge in [0, 0.05) is 48.1 Å². The number of ether oxygens (including phenoxy) is 2. The minimum atomic E-state index is -0.503. The van der Waals surface area contributed by atoms with E-state index in [4.69, 9.17) is 21.1 Å². The van der Waals surface area contributed by atoms with Crippen LogP contribution in [0.3, 0.4) is 0 Å². The molecule has 1 saturated heterocycles. The lowest BCUT2D eigenvalue weighted by Crippen LogP contribution is -2.34. The van der Waals surface area contributed by atoms with Gasteiger partial charge in [-0.25, -0.2) is 14.4 Å². The molecule has 0 radical (unpaired) electrons. The van der Waals surface area contributed by atoms with Crippen LogP contribution in [0.1, 0.15) is 5.69 Å². The molecule has 4 heterocycles. The molecule has 2 aliphatic heterocycles. The Labute approximate surface area is 182 Å². The Hall–Kier alpha value is -3.24. The van der Waals surface area contributed by atoms with Gasteiger partial charge >= 0.3 is 6.01 Å². The molecule has 0 amide bonds. The first kappa shape index (κ1) is 19.7. The van der Waals surface area contributed by atoms with Gasteiger partial charge < -0.3 is 19.7 Å². The fourth-order valence-electron chi connectivity index (χ4n) is 3.75. The number of fused-ring (bicyclic) bond motifs is 1. The number of nitrogens with zero attached hydrogens (tertiary/aromatic N) is 6. The number of aryl methyl sites for hydroxylation is 1. The molecule has 31 heavy (non-hydrogen) atoms. The second kappa shape index (κ2) is 7.78.